The number of amides is 1. The molecule has 138 valence electrons. The van der Waals surface area contributed by atoms with E-state index in [0.29, 0.717) is 5.92 Å². The Morgan fingerprint density at radius 1 is 1.12 bits per heavy atom. The Kier molecular flexibility index (Phi) is 5.86. The molecule has 1 aliphatic rings. The first-order chi connectivity index (χ1) is 12.5. The molecule has 1 amide bonds. The number of hydrogen-bond donors (Lipinski definition) is 1. The molecule has 5 heteroatoms. The summed E-state index contributed by atoms with van der Waals surface area (Å²) >= 11 is 0. The molecule has 1 fully saturated rings. The van der Waals surface area contributed by atoms with Gasteiger partial charge in [-0.1, -0.05) is 43.7 Å². The SMILES string of the molecule is Cc1ccc(-c2ccc(N3CCC(C(=O)NCC(C)C)CC3)nn2)cc1. The summed E-state index contributed by atoms with van der Waals surface area (Å²) in [6, 6.07) is 12.4. The van der Waals surface area contributed by atoms with Crippen LogP contribution in [-0.2, 0) is 4.79 Å². The third-order valence-corrected chi connectivity index (χ3v) is 4.87. The van der Waals surface area contributed by atoms with Crippen molar-refractivity contribution in [2.24, 2.45) is 11.8 Å². The molecular weight excluding hydrogens is 324 g/mol. The van der Waals surface area contributed by atoms with E-state index in [0.717, 1.165) is 49.6 Å². The van der Waals surface area contributed by atoms with Gasteiger partial charge in [-0.05, 0) is 37.8 Å². The number of hydrogen-bond acceptors (Lipinski definition) is 4. The fourth-order valence-electron chi connectivity index (χ4n) is 3.19. The summed E-state index contributed by atoms with van der Waals surface area (Å²) in [6.07, 6.45) is 1.73. The van der Waals surface area contributed by atoms with Gasteiger partial charge in [-0.15, -0.1) is 10.2 Å². The molecule has 3 rings (SSSR count). The molecule has 2 heterocycles. The van der Waals surface area contributed by atoms with E-state index < -0.39 is 0 Å². The molecule has 26 heavy (non-hydrogen) atoms. The lowest BCUT2D eigenvalue weighted by Gasteiger charge is -2.32. The number of nitrogens with one attached hydrogen (secondary N) is 1. The molecule has 0 bridgehead atoms. The first-order valence-electron chi connectivity index (χ1n) is 9.46. The summed E-state index contributed by atoms with van der Waals surface area (Å²) in [4.78, 5) is 14.4. The van der Waals surface area contributed by atoms with E-state index >= 15 is 0 Å². The average Bonchev–Trinajstić information content (AvgIpc) is 2.67. The highest BCUT2D eigenvalue weighted by atomic mass is 16.1. The molecule has 5 nitrogen and oxygen atoms in total. The van der Waals surface area contributed by atoms with Gasteiger partial charge in [-0.3, -0.25) is 4.79 Å². The van der Waals surface area contributed by atoms with E-state index in [1.54, 1.807) is 0 Å². The standard InChI is InChI=1S/C21H28N4O/c1-15(2)14-22-21(26)18-10-12-25(13-11-18)20-9-8-19(23-24-20)17-6-4-16(3)5-7-17/h4-9,15,18H,10-14H2,1-3H3,(H,22,26). The number of aromatic nitrogens is 2. The third-order valence-electron chi connectivity index (χ3n) is 4.87. The summed E-state index contributed by atoms with van der Waals surface area (Å²) in [5.74, 6) is 1.69. The average molecular weight is 352 g/mol. The van der Waals surface area contributed by atoms with Crippen LogP contribution in [0.3, 0.4) is 0 Å². The molecule has 0 aliphatic carbocycles. The first-order valence-corrected chi connectivity index (χ1v) is 9.46. The van der Waals surface area contributed by atoms with Crippen LogP contribution in [0.2, 0.25) is 0 Å². The number of nitrogens with zero attached hydrogens (tertiary/aromatic N) is 3. The van der Waals surface area contributed by atoms with Crippen LogP contribution >= 0.6 is 0 Å². The smallest absolute Gasteiger partial charge is 0.223 e. The van der Waals surface area contributed by atoms with Crippen molar-refractivity contribution in [1.29, 1.82) is 0 Å². The fraction of sp³-hybridized carbons (Fsp3) is 0.476. The second-order valence-electron chi connectivity index (χ2n) is 7.54. The van der Waals surface area contributed by atoms with E-state index in [-0.39, 0.29) is 11.8 Å². The van der Waals surface area contributed by atoms with Crippen LogP contribution in [0.1, 0.15) is 32.3 Å². The van der Waals surface area contributed by atoms with E-state index in [1.807, 2.05) is 12.1 Å². The van der Waals surface area contributed by atoms with Crippen molar-refractivity contribution in [3.8, 4) is 11.3 Å². The highest BCUT2D eigenvalue weighted by Crippen LogP contribution is 2.23. The molecule has 0 saturated carbocycles. The number of aryl methyl sites for hydroxylation is 1. The number of rotatable bonds is 5. The van der Waals surface area contributed by atoms with E-state index in [2.05, 4.69) is 65.5 Å². The van der Waals surface area contributed by atoms with Gasteiger partial charge in [0.25, 0.3) is 0 Å². The van der Waals surface area contributed by atoms with Crippen molar-refractivity contribution < 1.29 is 4.79 Å². The van der Waals surface area contributed by atoms with Gasteiger partial charge in [0.15, 0.2) is 5.82 Å². The molecular formula is C21H28N4O. The Morgan fingerprint density at radius 2 is 1.81 bits per heavy atom. The molecule has 0 atom stereocenters. The van der Waals surface area contributed by atoms with Crippen LogP contribution in [-0.4, -0.2) is 35.7 Å². The van der Waals surface area contributed by atoms with Gasteiger partial charge in [-0.25, -0.2) is 0 Å². The molecule has 1 N–H and O–H groups in total. The Bertz CT molecular complexity index is 717. The second kappa shape index (κ2) is 8.30. The fourth-order valence-corrected chi connectivity index (χ4v) is 3.19. The van der Waals surface area contributed by atoms with Gasteiger partial charge in [0.1, 0.15) is 0 Å². The maximum absolute atomic E-state index is 12.2. The Morgan fingerprint density at radius 3 is 2.38 bits per heavy atom. The Balaban J connectivity index is 1.56. The maximum atomic E-state index is 12.2. The maximum Gasteiger partial charge on any atom is 0.223 e. The minimum absolute atomic E-state index is 0.116. The van der Waals surface area contributed by atoms with Crippen LogP contribution in [0.25, 0.3) is 11.3 Å². The summed E-state index contributed by atoms with van der Waals surface area (Å²) in [7, 11) is 0. The predicted molar refractivity (Wildman–Crippen MR) is 105 cm³/mol. The van der Waals surface area contributed by atoms with Crippen molar-refractivity contribution in [3.63, 3.8) is 0 Å². The van der Waals surface area contributed by atoms with E-state index in [4.69, 9.17) is 0 Å². The van der Waals surface area contributed by atoms with Gasteiger partial charge in [-0.2, -0.15) is 0 Å². The minimum Gasteiger partial charge on any atom is -0.356 e. The number of piperidine rings is 1. The molecule has 0 spiro atoms. The molecule has 1 aliphatic heterocycles. The second-order valence-corrected chi connectivity index (χ2v) is 7.54. The summed E-state index contributed by atoms with van der Waals surface area (Å²) in [5, 5.41) is 11.8. The zero-order valence-electron chi connectivity index (χ0n) is 15.9. The number of carbonyl (C=O) groups excluding carboxylic acids is 1. The molecule has 2 aromatic rings. The largest absolute Gasteiger partial charge is 0.356 e. The summed E-state index contributed by atoms with van der Waals surface area (Å²) < 4.78 is 0. The van der Waals surface area contributed by atoms with Crippen LogP contribution in [0.5, 0.6) is 0 Å². The highest BCUT2D eigenvalue weighted by molar-refractivity contribution is 5.79. The lowest BCUT2D eigenvalue weighted by Crippen LogP contribution is -2.41. The number of carbonyl (C=O) groups is 1. The lowest BCUT2D eigenvalue weighted by molar-refractivity contribution is -0.125. The van der Waals surface area contributed by atoms with E-state index in [9.17, 15) is 4.79 Å². The van der Waals surface area contributed by atoms with Gasteiger partial charge in [0.2, 0.25) is 5.91 Å². The van der Waals surface area contributed by atoms with E-state index in [1.165, 1.54) is 5.56 Å². The molecule has 0 radical (unpaired) electrons. The summed E-state index contributed by atoms with van der Waals surface area (Å²) in [6.45, 7) is 8.75. The minimum atomic E-state index is 0.116. The Hall–Kier alpha value is -2.43. The monoisotopic (exact) mass is 352 g/mol. The van der Waals surface area contributed by atoms with Crippen LogP contribution in [0, 0.1) is 18.8 Å². The third kappa shape index (κ3) is 4.59. The highest BCUT2D eigenvalue weighted by Gasteiger charge is 2.25. The van der Waals surface area contributed by atoms with Gasteiger partial charge in [0, 0.05) is 31.1 Å². The predicted octanol–water partition coefficient (Wildman–Crippen LogP) is 3.44. The first kappa shape index (κ1) is 18.4. The normalized spacial score (nSPS) is 15.3. The van der Waals surface area contributed by atoms with Crippen LogP contribution in [0.4, 0.5) is 5.82 Å². The number of anilines is 1. The zero-order valence-corrected chi connectivity index (χ0v) is 15.9. The summed E-state index contributed by atoms with van der Waals surface area (Å²) in [5.41, 5.74) is 3.20. The van der Waals surface area contributed by atoms with Gasteiger partial charge >= 0.3 is 0 Å². The lowest BCUT2D eigenvalue weighted by atomic mass is 9.95. The molecule has 1 aromatic heterocycles. The molecule has 0 unspecified atom stereocenters. The van der Waals surface area contributed by atoms with Crippen molar-refractivity contribution in [3.05, 3.63) is 42.0 Å². The van der Waals surface area contributed by atoms with Crippen molar-refractivity contribution in [2.45, 2.75) is 33.6 Å². The quantitative estimate of drug-likeness (QED) is 0.895. The molecule has 1 aromatic carbocycles. The topological polar surface area (TPSA) is 58.1 Å². The van der Waals surface area contributed by atoms with Crippen LogP contribution in [0.15, 0.2) is 36.4 Å². The van der Waals surface area contributed by atoms with Gasteiger partial charge in [0.05, 0.1) is 5.69 Å². The number of benzene rings is 1. The molecule has 1 saturated heterocycles. The Labute approximate surface area is 155 Å². The van der Waals surface area contributed by atoms with Crippen molar-refractivity contribution in [2.75, 3.05) is 24.5 Å². The van der Waals surface area contributed by atoms with Gasteiger partial charge < -0.3 is 10.2 Å². The van der Waals surface area contributed by atoms with Crippen molar-refractivity contribution >= 4 is 11.7 Å². The van der Waals surface area contributed by atoms with Crippen molar-refractivity contribution in [1.82, 2.24) is 15.5 Å². The van der Waals surface area contributed by atoms with Crippen LogP contribution < -0.4 is 10.2 Å². The zero-order chi connectivity index (χ0) is 18.5.